The van der Waals surface area contributed by atoms with Gasteiger partial charge in [-0.3, -0.25) is 9.59 Å². The normalized spacial score (nSPS) is 12.1. The highest BCUT2D eigenvalue weighted by Gasteiger charge is 2.11. The van der Waals surface area contributed by atoms with Crippen LogP contribution in [-0.4, -0.2) is 29.6 Å². The van der Waals surface area contributed by atoms with Gasteiger partial charge in [-0.2, -0.15) is 0 Å². The smallest absolute Gasteiger partial charge is 0.251 e. The van der Waals surface area contributed by atoms with E-state index in [1.807, 2.05) is 13.8 Å². The summed E-state index contributed by atoms with van der Waals surface area (Å²) in [6, 6.07) is 7.00. The van der Waals surface area contributed by atoms with E-state index in [-0.39, 0.29) is 24.3 Å². The quantitative estimate of drug-likeness (QED) is 0.728. The molecule has 1 aromatic carbocycles. The number of amides is 2. The minimum absolute atomic E-state index is 0.0884. The largest absolute Gasteiger partial charge is 0.391 e. The summed E-state index contributed by atoms with van der Waals surface area (Å²) in [6.07, 6.45) is -0.544. The van der Waals surface area contributed by atoms with Crippen molar-refractivity contribution in [2.24, 2.45) is 5.92 Å². The van der Waals surface area contributed by atoms with Gasteiger partial charge in [0.05, 0.1) is 6.10 Å². The molecule has 1 rings (SSSR count). The monoisotopic (exact) mass is 278 g/mol. The van der Waals surface area contributed by atoms with Crippen molar-refractivity contribution in [3.05, 3.63) is 35.4 Å². The molecule has 0 bridgehead atoms. The standard InChI is InChI=1S/C15H22N2O3/c1-10(2)14(19)9-17-15(20)13-6-4-12(5-7-13)8-16-11(3)18/h4-7,10,14,19H,8-9H2,1-3H3,(H,16,18)(H,17,20). The summed E-state index contributed by atoms with van der Waals surface area (Å²) in [5.41, 5.74) is 1.46. The Labute approximate surface area is 119 Å². The number of nitrogens with one attached hydrogen (secondary N) is 2. The van der Waals surface area contributed by atoms with Crippen LogP contribution in [0.25, 0.3) is 0 Å². The van der Waals surface area contributed by atoms with Gasteiger partial charge in [-0.1, -0.05) is 26.0 Å². The van der Waals surface area contributed by atoms with Crippen molar-refractivity contribution >= 4 is 11.8 Å². The number of carbonyl (C=O) groups is 2. The highest BCUT2D eigenvalue weighted by Crippen LogP contribution is 2.05. The first-order valence-electron chi connectivity index (χ1n) is 6.69. The van der Waals surface area contributed by atoms with Crippen molar-refractivity contribution in [2.45, 2.75) is 33.4 Å². The summed E-state index contributed by atoms with van der Waals surface area (Å²) in [4.78, 5) is 22.7. The molecule has 3 N–H and O–H groups in total. The Morgan fingerprint density at radius 2 is 1.75 bits per heavy atom. The lowest BCUT2D eigenvalue weighted by atomic mass is 10.1. The first kappa shape index (κ1) is 16.2. The summed E-state index contributed by atoms with van der Waals surface area (Å²) in [5.74, 6) is -0.194. The Balaban J connectivity index is 2.51. The van der Waals surface area contributed by atoms with Crippen molar-refractivity contribution in [1.29, 1.82) is 0 Å². The number of benzene rings is 1. The van der Waals surface area contributed by atoms with Gasteiger partial charge in [0, 0.05) is 25.6 Å². The van der Waals surface area contributed by atoms with Crippen LogP contribution >= 0.6 is 0 Å². The van der Waals surface area contributed by atoms with Crippen LogP contribution in [0.1, 0.15) is 36.7 Å². The van der Waals surface area contributed by atoms with Crippen LogP contribution in [0.5, 0.6) is 0 Å². The van der Waals surface area contributed by atoms with Gasteiger partial charge in [0.2, 0.25) is 5.91 Å². The van der Waals surface area contributed by atoms with Gasteiger partial charge in [-0.05, 0) is 23.6 Å². The molecule has 0 heterocycles. The molecule has 5 nitrogen and oxygen atoms in total. The molecule has 0 radical (unpaired) electrons. The van der Waals surface area contributed by atoms with Gasteiger partial charge in [0.25, 0.3) is 5.91 Å². The van der Waals surface area contributed by atoms with Crippen LogP contribution in [0.4, 0.5) is 0 Å². The minimum atomic E-state index is -0.544. The number of hydrogen-bond donors (Lipinski definition) is 3. The fourth-order valence-corrected chi connectivity index (χ4v) is 1.54. The number of carbonyl (C=O) groups excluding carboxylic acids is 2. The SMILES string of the molecule is CC(=O)NCc1ccc(C(=O)NCC(O)C(C)C)cc1. The molecule has 0 aliphatic heterocycles. The predicted octanol–water partition coefficient (Wildman–Crippen LogP) is 1.07. The van der Waals surface area contributed by atoms with Gasteiger partial charge in [-0.25, -0.2) is 0 Å². The minimum Gasteiger partial charge on any atom is -0.391 e. The van der Waals surface area contributed by atoms with Crippen LogP contribution in [0.3, 0.4) is 0 Å². The van der Waals surface area contributed by atoms with Crippen LogP contribution in [-0.2, 0) is 11.3 Å². The molecule has 5 heteroatoms. The molecule has 0 fully saturated rings. The Morgan fingerprint density at radius 3 is 2.25 bits per heavy atom. The molecule has 2 amide bonds. The first-order valence-corrected chi connectivity index (χ1v) is 6.69. The summed E-state index contributed by atoms with van der Waals surface area (Å²) < 4.78 is 0. The molecule has 110 valence electrons. The van der Waals surface area contributed by atoms with E-state index < -0.39 is 6.10 Å². The molecule has 1 aromatic rings. The van der Waals surface area contributed by atoms with E-state index in [0.29, 0.717) is 12.1 Å². The highest BCUT2D eigenvalue weighted by atomic mass is 16.3. The third-order valence-electron chi connectivity index (χ3n) is 3.00. The molecule has 0 aliphatic rings. The van der Waals surface area contributed by atoms with E-state index in [0.717, 1.165) is 5.56 Å². The molecule has 0 aliphatic carbocycles. The lowest BCUT2D eigenvalue weighted by Gasteiger charge is -2.15. The Hall–Kier alpha value is -1.88. The maximum absolute atomic E-state index is 11.9. The molecule has 0 saturated heterocycles. The van der Waals surface area contributed by atoms with Gasteiger partial charge < -0.3 is 15.7 Å². The maximum atomic E-state index is 11.9. The molecular weight excluding hydrogens is 256 g/mol. The maximum Gasteiger partial charge on any atom is 0.251 e. The van der Waals surface area contributed by atoms with Crippen molar-refractivity contribution in [3.8, 4) is 0 Å². The van der Waals surface area contributed by atoms with Crippen LogP contribution in [0.2, 0.25) is 0 Å². The molecule has 0 saturated carbocycles. The Morgan fingerprint density at radius 1 is 1.15 bits per heavy atom. The summed E-state index contributed by atoms with van der Waals surface area (Å²) in [5, 5.41) is 15.0. The summed E-state index contributed by atoms with van der Waals surface area (Å²) in [6.45, 7) is 5.94. The number of aliphatic hydroxyl groups excluding tert-OH is 1. The van der Waals surface area contributed by atoms with E-state index >= 15 is 0 Å². The third kappa shape index (κ3) is 5.40. The Bertz CT molecular complexity index is 455. The lowest BCUT2D eigenvalue weighted by Crippen LogP contribution is -2.34. The van der Waals surface area contributed by atoms with Crippen molar-refractivity contribution in [2.75, 3.05) is 6.54 Å². The van der Waals surface area contributed by atoms with E-state index in [4.69, 9.17) is 0 Å². The zero-order valence-corrected chi connectivity index (χ0v) is 12.1. The van der Waals surface area contributed by atoms with Gasteiger partial charge in [-0.15, -0.1) is 0 Å². The molecule has 0 aromatic heterocycles. The second-order valence-corrected chi connectivity index (χ2v) is 5.13. The number of aliphatic hydroxyl groups is 1. The molecule has 0 spiro atoms. The summed E-state index contributed by atoms with van der Waals surface area (Å²) >= 11 is 0. The van der Waals surface area contributed by atoms with Crippen molar-refractivity contribution in [3.63, 3.8) is 0 Å². The fourth-order valence-electron chi connectivity index (χ4n) is 1.54. The van der Waals surface area contributed by atoms with Gasteiger partial charge in [0.1, 0.15) is 0 Å². The zero-order valence-electron chi connectivity index (χ0n) is 12.1. The topological polar surface area (TPSA) is 78.4 Å². The second-order valence-electron chi connectivity index (χ2n) is 5.13. The van der Waals surface area contributed by atoms with E-state index in [9.17, 15) is 14.7 Å². The first-order chi connectivity index (χ1) is 9.40. The second kappa shape index (κ2) is 7.65. The van der Waals surface area contributed by atoms with Gasteiger partial charge >= 0.3 is 0 Å². The van der Waals surface area contributed by atoms with E-state index in [1.54, 1.807) is 24.3 Å². The van der Waals surface area contributed by atoms with E-state index in [2.05, 4.69) is 10.6 Å². The fraction of sp³-hybridized carbons (Fsp3) is 0.467. The van der Waals surface area contributed by atoms with Gasteiger partial charge in [0.15, 0.2) is 0 Å². The lowest BCUT2D eigenvalue weighted by molar-refractivity contribution is -0.119. The van der Waals surface area contributed by atoms with E-state index in [1.165, 1.54) is 6.92 Å². The van der Waals surface area contributed by atoms with Crippen LogP contribution in [0, 0.1) is 5.92 Å². The molecule has 1 unspecified atom stereocenters. The average molecular weight is 278 g/mol. The predicted molar refractivity (Wildman–Crippen MR) is 77.1 cm³/mol. The number of hydrogen-bond acceptors (Lipinski definition) is 3. The van der Waals surface area contributed by atoms with Crippen molar-refractivity contribution < 1.29 is 14.7 Å². The van der Waals surface area contributed by atoms with Crippen LogP contribution < -0.4 is 10.6 Å². The zero-order chi connectivity index (χ0) is 15.1. The number of rotatable bonds is 6. The van der Waals surface area contributed by atoms with Crippen LogP contribution in [0.15, 0.2) is 24.3 Å². The molecule has 20 heavy (non-hydrogen) atoms. The molecule has 1 atom stereocenters. The molecular formula is C15H22N2O3. The third-order valence-corrected chi connectivity index (χ3v) is 3.00. The van der Waals surface area contributed by atoms with Crippen molar-refractivity contribution in [1.82, 2.24) is 10.6 Å². The highest BCUT2D eigenvalue weighted by molar-refractivity contribution is 5.94. The Kier molecular flexibility index (Phi) is 6.18. The summed E-state index contributed by atoms with van der Waals surface area (Å²) in [7, 11) is 0. The average Bonchev–Trinajstić information content (AvgIpc) is 2.42.